The van der Waals surface area contributed by atoms with Crippen molar-refractivity contribution >= 4 is 28.7 Å². The third-order valence-corrected chi connectivity index (χ3v) is 4.75. The number of aliphatic imine (C=N–C) groups is 1. The number of hydrogen-bond donors (Lipinski definition) is 2. The number of fused-ring (bicyclic) bond motifs is 2. The minimum Gasteiger partial charge on any atom is -0.491 e. The number of aromatic amines is 1. The number of nitrogens with zero attached hydrogens (tertiary/aromatic N) is 4. The Morgan fingerprint density at radius 2 is 2.32 bits per heavy atom. The number of rotatable bonds is 4. The molecule has 2 unspecified atom stereocenters. The molecule has 3 N–H and O–H groups in total. The van der Waals surface area contributed by atoms with Gasteiger partial charge in [0.25, 0.3) is 0 Å². The molecule has 0 spiro atoms. The molecule has 130 valence electrons. The molecule has 2 aliphatic rings. The summed E-state index contributed by atoms with van der Waals surface area (Å²) in [6.07, 6.45) is 8.91. The van der Waals surface area contributed by atoms with E-state index in [0.717, 1.165) is 28.0 Å². The molecule has 25 heavy (non-hydrogen) atoms. The van der Waals surface area contributed by atoms with Gasteiger partial charge in [0.1, 0.15) is 17.1 Å². The van der Waals surface area contributed by atoms with Gasteiger partial charge in [0, 0.05) is 23.4 Å². The number of ether oxygens (including phenoxy) is 1. The van der Waals surface area contributed by atoms with Gasteiger partial charge in [-0.25, -0.2) is 4.99 Å². The molecule has 1 aromatic carbocycles. The van der Waals surface area contributed by atoms with Gasteiger partial charge in [0.05, 0.1) is 30.0 Å². The van der Waals surface area contributed by atoms with E-state index in [1.807, 2.05) is 41.4 Å². The molecule has 0 fully saturated rings. The van der Waals surface area contributed by atoms with Crippen molar-refractivity contribution in [3.8, 4) is 5.75 Å². The Bertz CT molecular complexity index is 902. The predicted octanol–water partition coefficient (Wildman–Crippen LogP) is 2.93. The van der Waals surface area contributed by atoms with E-state index in [2.05, 4.69) is 22.1 Å². The molecular weight excluding hydrogens is 340 g/mol. The summed E-state index contributed by atoms with van der Waals surface area (Å²) in [5, 5.41) is 12.6. The highest BCUT2D eigenvalue weighted by Crippen LogP contribution is 2.41. The van der Waals surface area contributed by atoms with Crippen LogP contribution in [0.2, 0.25) is 5.02 Å². The number of aromatic nitrogens is 2. The van der Waals surface area contributed by atoms with Crippen LogP contribution in [0.15, 0.2) is 41.4 Å². The standard InChI is InChI=1S/C17H19ClN6O/c1-3-25-17-11(7-13(18)12-9-21-22-16(12)17)10(2)24-14(19)8-15-20-5-4-6-23(15)24/h4-10,14H,3,19H2,1-2H3,(H,21,22). The van der Waals surface area contributed by atoms with Crippen molar-refractivity contribution < 1.29 is 4.74 Å². The summed E-state index contributed by atoms with van der Waals surface area (Å²) in [6.45, 7) is 4.56. The highest BCUT2D eigenvalue weighted by atomic mass is 35.5. The molecule has 7 nitrogen and oxygen atoms in total. The molecule has 1 aromatic heterocycles. The van der Waals surface area contributed by atoms with Gasteiger partial charge in [-0.1, -0.05) is 11.6 Å². The number of nitrogens with two attached hydrogens (primary N) is 1. The fourth-order valence-electron chi connectivity index (χ4n) is 3.32. The molecule has 8 heteroatoms. The minimum absolute atomic E-state index is 0.0894. The first-order valence-corrected chi connectivity index (χ1v) is 8.53. The van der Waals surface area contributed by atoms with Crippen molar-refractivity contribution in [2.75, 3.05) is 6.61 Å². The Morgan fingerprint density at radius 1 is 1.48 bits per heavy atom. The molecule has 0 amide bonds. The Morgan fingerprint density at radius 3 is 3.12 bits per heavy atom. The van der Waals surface area contributed by atoms with Gasteiger partial charge in [0.2, 0.25) is 0 Å². The van der Waals surface area contributed by atoms with Crippen molar-refractivity contribution in [3.63, 3.8) is 0 Å². The van der Waals surface area contributed by atoms with Crippen molar-refractivity contribution in [2.24, 2.45) is 10.7 Å². The maximum Gasteiger partial charge on any atom is 0.149 e. The van der Waals surface area contributed by atoms with Crippen LogP contribution in [0.3, 0.4) is 0 Å². The maximum atomic E-state index is 6.47. The number of nitrogens with one attached hydrogen (secondary N) is 1. The molecule has 2 atom stereocenters. The molecular formula is C17H19ClN6O. The van der Waals surface area contributed by atoms with Gasteiger partial charge < -0.3 is 10.5 Å². The third-order valence-electron chi connectivity index (χ3n) is 4.43. The molecule has 0 bridgehead atoms. The largest absolute Gasteiger partial charge is 0.491 e. The van der Waals surface area contributed by atoms with E-state index >= 15 is 0 Å². The monoisotopic (exact) mass is 358 g/mol. The Balaban J connectivity index is 1.80. The molecule has 4 rings (SSSR count). The molecule has 2 aliphatic heterocycles. The fraction of sp³-hybridized carbons (Fsp3) is 0.294. The Kier molecular flexibility index (Phi) is 3.99. The molecule has 3 heterocycles. The van der Waals surface area contributed by atoms with Gasteiger partial charge in [-0.05, 0) is 32.1 Å². The average Bonchev–Trinajstić information content (AvgIpc) is 3.21. The molecule has 0 aliphatic carbocycles. The quantitative estimate of drug-likeness (QED) is 0.878. The molecule has 2 aromatic rings. The summed E-state index contributed by atoms with van der Waals surface area (Å²) < 4.78 is 5.94. The number of allylic oxidation sites excluding steroid dienone is 1. The van der Waals surface area contributed by atoms with Crippen LogP contribution in [0, 0.1) is 0 Å². The number of H-pyrrole nitrogens is 1. The number of benzene rings is 1. The van der Waals surface area contributed by atoms with Crippen molar-refractivity contribution in [2.45, 2.75) is 26.1 Å². The zero-order valence-electron chi connectivity index (χ0n) is 14.0. The Hall–Kier alpha value is -2.35. The van der Waals surface area contributed by atoms with Crippen molar-refractivity contribution in [1.82, 2.24) is 20.2 Å². The summed E-state index contributed by atoms with van der Waals surface area (Å²) in [4.78, 5) is 4.37. The van der Waals surface area contributed by atoms with E-state index in [0.29, 0.717) is 11.6 Å². The van der Waals surface area contributed by atoms with E-state index in [-0.39, 0.29) is 12.2 Å². The summed E-state index contributed by atoms with van der Waals surface area (Å²) in [5.74, 6) is 1.56. The van der Waals surface area contributed by atoms with Crippen LogP contribution in [0.1, 0.15) is 25.5 Å². The third kappa shape index (κ3) is 2.52. The Labute approximate surface area is 150 Å². The zero-order valence-corrected chi connectivity index (χ0v) is 14.7. The van der Waals surface area contributed by atoms with Crippen LogP contribution < -0.4 is 10.5 Å². The smallest absolute Gasteiger partial charge is 0.149 e. The maximum absolute atomic E-state index is 6.47. The molecule has 0 radical (unpaired) electrons. The number of halogens is 1. The lowest BCUT2D eigenvalue weighted by atomic mass is 10.0. The zero-order chi connectivity index (χ0) is 17.6. The summed E-state index contributed by atoms with van der Waals surface area (Å²) >= 11 is 6.47. The first-order chi connectivity index (χ1) is 12.1. The van der Waals surface area contributed by atoms with Crippen LogP contribution in [-0.2, 0) is 0 Å². The van der Waals surface area contributed by atoms with Crippen molar-refractivity contribution in [1.29, 1.82) is 0 Å². The lowest BCUT2D eigenvalue weighted by Gasteiger charge is -2.37. The van der Waals surface area contributed by atoms with E-state index < -0.39 is 0 Å². The normalized spacial score (nSPS) is 20.9. The minimum atomic E-state index is -0.296. The topological polar surface area (TPSA) is 82.8 Å². The van der Waals surface area contributed by atoms with Gasteiger partial charge in [-0.15, -0.1) is 0 Å². The highest BCUT2D eigenvalue weighted by Gasteiger charge is 2.35. The van der Waals surface area contributed by atoms with Crippen LogP contribution >= 0.6 is 11.6 Å². The van der Waals surface area contributed by atoms with Gasteiger partial charge in [-0.3, -0.25) is 10.1 Å². The summed E-state index contributed by atoms with van der Waals surface area (Å²) in [5.41, 5.74) is 8.07. The lowest BCUT2D eigenvalue weighted by molar-refractivity contribution is 0.00812. The second kappa shape index (κ2) is 6.18. The fourth-order valence-corrected chi connectivity index (χ4v) is 3.59. The van der Waals surface area contributed by atoms with Crippen LogP contribution in [0.5, 0.6) is 5.75 Å². The molecule has 0 saturated heterocycles. The van der Waals surface area contributed by atoms with Gasteiger partial charge in [-0.2, -0.15) is 10.1 Å². The average molecular weight is 359 g/mol. The van der Waals surface area contributed by atoms with Crippen LogP contribution in [0.25, 0.3) is 10.9 Å². The SMILES string of the molecule is CCOc1c(C(C)N2C(N)C=C3N=CC=CN32)cc(Cl)c2cn[nH]c12. The van der Waals surface area contributed by atoms with E-state index in [4.69, 9.17) is 22.1 Å². The highest BCUT2D eigenvalue weighted by molar-refractivity contribution is 6.35. The van der Waals surface area contributed by atoms with E-state index in [1.54, 1.807) is 12.4 Å². The predicted molar refractivity (Wildman–Crippen MR) is 98.1 cm³/mol. The van der Waals surface area contributed by atoms with Gasteiger partial charge in [0.15, 0.2) is 0 Å². The molecule has 0 saturated carbocycles. The second-order valence-electron chi connectivity index (χ2n) is 5.90. The summed E-state index contributed by atoms with van der Waals surface area (Å²) in [6, 6.07) is 1.84. The summed E-state index contributed by atoms with van der Waals surface area (Å²) in [7, 11) is 0. The number of hydrogen-bond acceptors (Lipinski definition) is 6. The van der Waals surface area contributed by atoms with Gasteiger partial charge >= 0.3 is 0 Å². The van der Waals surface area contributed by atoms with Crippen LogP contribution in [0.4, 0.5) is 0 Å². The number of hydrazine groups is 1. The van der Waals surface area contributed by atoms with E-state index in [1.165, 1.54) is 0 Å². The van der Waals surface area contributed by atoms with Crippen molar-refractivity contribution in [3.05, 3.63) is 47.0 Å². The van der Waals surface area contributed by atoms with E-state index in [9.17, 15) is 0 Å². The first kappa shape index (κ1) is 16.1. The van der Waals surface area contributed by atoms with Crippen LogP contribution in [-0.4, -0.2) is 39.2 Å². The second-order valence-corrected chi connectivity index (χ2v) is 6.31. The lowest BCUT2D eigenvalue weighted by Crippen LogP contribution is -2.45. The first-order valence-electron chi connectivity index (χ1n) is 8.15.